The van der Waals surface area contributed by atoms with E-state index in [1.807, 2.05) is 32.5 Å². The van der Waals surface area contributed by atoms with Gasteiger partial charge in [0.05, 0.1) is 6.04 Å². The van der Waals surface area contributed by atoms with Crippen molar-refractivity contribution in [3.05, 3.63) is 35.4 Å². The Bertz CT molecular complexity index is 564. The molecule has 0 spiro atoms. The smallest absolute Gasteiger partial charge is 0.156 e. The highest BCUT2D eigenvalue weighted by Crippen LogP contribution is 2.36. The second-order valence-electron chi connectivity index (χ2n) is 9.26. The third-order valence-corrected chi connectivity index (χ3v) is 5.57. The first-order valence-corrected chi connectivity index (χ1v) is 9.73. The SMILES string of the molecule is Cc1ccccc1CSC(C)(C)C(NC(C)(C)C)C(=O)C(C)(C)C. The van der Waals surface area contributed by atoms with Gasteiger partial charge in [0, 0.05) is 21.5 Å². The largest absolute Gasteiger partial charge is 0.302 e. The molecule has 1 aromatic rings. The highest BCUT2D eigenvalue weighted by atomic mass is 32.2. The maximum Gasteiger partial charge on any atom is 0.156 e. The van der Waals surface area contributed by atoms with Crippen LogP contribution in [-0.4, -0.2) is 22.1 Å². The van der Waals surface area contributed by atoms with Crippen LogP contribution in [0.2, 0.25) is 0 Å². The summed E-state index contributed by atoms with van der Waals surface area (Å²) in [6.07, 6.45) is 0. The van der Waals surface area contributed by atoms with Crippen molar-refractivity contribution >= 4 is 17.5 Å². The number of rotatable bonds is 6. The molecular formula is C21H35NOS. The second kappa shape index (κ2) is 7.61. The van der Waals surface area contributed by atoms with E-state index < -0.39 is 0 Å². The Kier molecular flexibility index (Phi) is 6.74. The number of Topliss-reactive ketones (excluding diaryl/α,β-unsaturated/α-hetero) is 1. The van der Waals surface area contributed by atoms with Gasteiger partial charge in [0.25, 0.3) is 0 Å². The standard InChI is InChI=1S/C21H35NOS/c1-15-12-10-11-13-16(15)14-24-21(8,9)17(22-20(5,6)7)18(23)19(2,3)4/h10-13,17,22H,14H2,1-9H3. The summed E-state index contributed by atoms with van der Waals surface area (Å²) in [5.74, 6) is 1.19. The van der Waals surface area contributed by atoms with E-state index >= 15 is 0 Å². The van der Waals surface area contributed by atoms with Crippen molar-refractivity contribution in [1.29, 1.82) is 0 Å². The lowest BCUT2D eigenvalue weighted by Gasteiger charge is -2.41. The second-order valence-corrected chi connectivity index (χ2v) is 10.9. The van der Waals surface area contributed by atoms with E-state index in [1.54, 1.807) is 0 Å². The van der Waals surface area contributed by atoms with E-state index in [1.165, 1.54) is 11.1 Å². The van der Waals surface area contributed by atoms with Gasteiger partial charge in [0.15, 0.2) is 5.78 Å². The zero-order valence-electron chi connectivity index (χ0n) is 16.9. The van der Waals surface area contributed by atoms with Crippen LogP contribution >= 0.6 is 11.8 Å². The third kappa shape index (κ3) is 6.25. The first-order chi connectivity index (χ1) is 10.7. The molecule has 0 aliphatic carbocycles. The molecular weight excluding hydrogens is 314 g/mol. The normalized spacial score (nSPS) is 14.5. The summed E-state index contributed by atoms with van der Waals surface area (Å²) in [5, 5.41) is 3.58. The number of hydrogen-bond acceptors (Lipinski definition) is 3. The average Bonchev–Trinajstić information content (AvgIpc) is 2.41. The Morgan fingerprint density at radius 3 is 2.04 bits per heavy atom. The molecule has 0 amide bonds. The third-order valence-electron chi connectivity index (χ3n) is 4.13. The van der Waals surface area contributed by atoms with Crippen molar-refractivity contribution in [2.24, 2.45) is 5.41 Å². The van der Waals surface area contributed by atoms with Gasteiger partial charge in [0.1, 0.15) is 0 Å². The maximum atomic E-state index is 13.1. The van der Waals surface area contributed by atoms with E-state index in [2.05, 4.69) is 71.1 Å². The fourth-order valence-corrected chi connectivity index (χ4v) is 3.72. The monoisotopic (exact) mass is 349 g/mol. The molecule has 3 heteroatoms. The molecule has 1 atom stereocenters. The molecule has 0 bridgehead atoms. The Labute approximate surface area is 153 Å². The fourth-order valence-electron chi connectivity index (χ4n) is 2.54. The van der Waals surface area contributed by atoms with E-state index in [4.69, 9.17) is 0 Å². The van der Waals surface area contributed by atoms with E-state index in [0.717, 1.165) is 5.75 Å². The zero-order valence-corrected chi connectivity index (χ0v) is 17.7. The molecule has 0 aliphatic rings. The lowest BCUT2D eigenvalue weighted by Crippen LogP contribution is -2.59. The van der Waals surface area contributed by atoms with Crippen molar-refractivity contribution in [3.63, 3.8) is 0 Å². The predicted octanol–water partition coefficient (Wildman–Crippen LogP) is 5.38. The van der Waals surface area contributed by atoms with E-state index in [0.29, 0.717) is 0 Å². The van der Waals surface area contributed by atoms with Gasteiger partial charge < -0.3 is 5.32 Å². The summed E-state index contributed by atoms with van der Waals surface area (Å²) in [7, 11) is 0. The Morgan fingerprint density at radius 1 is 1.04 bits per heavy atom. The van der Waals surface area contributed by atoms with Crippen molar-refractivity contribution < 1.29 is 4.79 Å². The minimum Gasteiger partial charge on any atom is -0.302 e. The lowest BCUT2D eigenvalue weighted by atomic mass is 9.81. The maximum absolute atomic E-state index is 13.1. The number of thioether (sulfide) groups is 1. The molecule has 24 heavy (non-hydrogen) atoms. The fraction of sp³-hybridized carbons (Fsp3) is 0.667. The number of ketones is 1. The summed E-state index contributed by atoms with van der Waals surface area (Å²) in [6.45, 7) is 18.9. The first-order valence-electron chi connectivity index (χ1n) is 8.74. The van der Waals surface area contributed by atoms with Gasteiger partial charge in [-0.15, -0.1) is 11.8 Å². The molecule has 0 saturated carbocycles. The molecule has 0 fully saturated rings. The zero-order chi connectivity index (χ0) is 18.8. The number of benzene rings is 1. The molecule has 0 radical (unpaired) electrons. The van der Waals surface area contributed by atoms with E-state index in [9.17, 15) is 4.79 Å². The molecule has 0 aromatic heterocycles. The molecule has 1 rings (SSSR count). The van der Waals surface area contributed by atoms with Crippen LogP contribution < -0.4 is 5.32 Å². The first kappa shape index (κ1) is 21.2. The minimum absolute atomic E-state index is 0.105. The molecule has 0 aliphatic heterocycles. The van der Waals surface area contributed by atoms with Gasteiger partial charge in [-0.1, -0.05) is 45.0 Å². The molecule has 0 heterocycles. The van der Waals surface area contributed by atoms with Gasteiger partial charge in [0.2, 0.25) is 0 Å². The predicted molar refractivity (Wildman–Crippen MR) is 108 cm³/mol. The number of hydrogen-bond donors (Lipinski definition) is 1. The molecule has 2 nitrogen and oxygen atoms in total. The Hall–Kier alpha value is -0.800. The summed E-state index contributed by atoms with van der Waals surface area (Å²) in [6, 6.07) is 8.29. The highest BCUT2D eigenvalue weighted by Gasteiger charge is 2.41. The van der Waals surface area contributed by atoms with E-state index in [-0.39, 0.29) is 27.5 Å². The average molecular weight is 350 g/mol. The van der Waals surface area contributed by atoms with Crippen LogP contribution in [0.15, 0.2) is 24.3 Å². The van der Waals surface area contributed by atoms with Crippen LogP contribution in [0.25, 0.3) is 0 Å². The van der Waals surface area contributed by atoms with Crippen LogP contribution in [0, 0.1) is 12.3 Å². The van der Waals surface area contributed by atoms with Crippen molar-refractivity contribution in [1.82, 2.24) is 5.32 Å². The molecule has 1 unspecified atom stereocenters. The van der Waals surface area contributed by atoms with Gasteiger partial charge in [-0.2, -0.15) is 0 Å². The topological polar surface area (TPSA) is 29.1 Å². The van der Waals surface area contributed by atoms with Crippen molar-refractivity contribution in [2.75, 3.05) is 0 Å². The highest BCUT2D eigenvalue weighted by molar-refractivity contribution is 7.99. The summed E-state index contributed by atoms with van der Waals surface area (Å²) < 4.78 is -0.195. The van der Waals surface area contributed by atoms with Crippen LogP contribution in [0.4, 0.5) is 0 Å². The lowest BCUT2D eigenvalue weighted by molar-refractivity contribution is -0.129. The minimum atomic E-state index is -0.358. The van der Waals surface area contributed by atoms with Crippen LogP contribution in [-0.2, 0) is 10.5 Å². The summed E-state index contributed by atoms with van der Waals surface area (Å²) >= 11 is 1.86. The molecule has 1 N–H and O–H groups in total. The summed E-state index contributed by atoms with van der Waals surface area (Å²) in [5.41, 5.74) is 2.19. The molecule has 136 valence electrons. The quantitative estimate of drug-likeness (QED) is 0.747. The Balaban J connectivity index is 3.01. The van der Waals surface area contributed by atoms with Crippen molar-refractivity contribution in [2.45, 2.75) is 84.4 Å². The molecule has 0 saturated heterocycles. The Morgan fingerprint density at radius 2 is 1.58 bits per heavy atom. The molecule has 1 aromatic carbocycles. The van der Waals surface area contributed by atoms with Crippen LogP contribution in [0.1, 0.15) is 66.5 Å². The van der Waals surface area contributed by atoms with Gasteiger partial charge >= 0.3 is 0 Å². The van der Waals surface area contributed by atoms with Gasteiger partial charge in [-0.05, 0) is 52.7 Å². The number of aryl methyl sites for hydroxylation is 1. The van der Waals surface area contributed by atoms with Crippen LogP contribution in [0.3, 0.4) is 0 Å². The van der Waals surface area contributed by atoms with Crippen molar-refractivity contribution in [3.8, 4) is 0 Å². The van der Waals surface area contributed by atoms with Gasteiger partial charge in [-0.3, -0.25) is 4.79 Å². The summed E-state index contributed by atoms with van der Waals surface area (Å²) in [4.78, 5) is 13.1. The van der Waals surface area contributed by atoms with Crippen LogP contribution in [0.5, 0.6) is 0 Å². The number of nitrogens with one attached hydrogen (secondary N) is 1. The number of carbonyl (C=O) groups is 1. The number of carbonyl (C=O) groups excluding carboxylic acids is 1. The van der Waals surface area contributed by atoms with Gasteiger partial charge in [-0.25, -0.2) is 0 Å².